The number of carbonyl (C=O) groups excluding carboxylic acids is 1. The second-order valence-corrected chi connectivity index (χ2v) is 7.28. The monoisotopic (exact) mass is 342 g/mol. The molecule has 1 aliphatic heterocycles. The summed E-state index contributed by atoms with van der Waals surface area (Å²) < 4.78 is 0. The Morgan fingerprint density at radius 2 is 1.95 bits per heavy atom. The van der Waals surface area contributed by atoms with Gasteiger partial charge in [0.15, 0.2) is 0 Å². The number of likely N-dealkylation sites (tertiary alicyclic amines) is 1. The minimum atomic E-state index is -0.137. The normalized spacial score (nSPS) is 22.5. The smallest absolute Gasteiger partial charge is 0.252 e. The van der Waals surface area contributed by atoms with Gasteiger partial charge >= 0.3 is 0 Å². The van der Waals surface area contributed by atoms with E-state index in [2.05, 4.69) is 24.1 Å². The van der Waals surface area contributed by atoms with Gasteiger partial charge in [-0.3, -0.25) is 4.79 Å². The maximum atomic E-state index is 12.1. The van der Waals surface area contributed by atoms with Crippen molar-refractivity contribution in [3.8, 4) is 0 Å². The number of nitrogens with one attached hydrogen (secondary N) is 1. The van der Waals surface area contributed by atoms with Crippen molar-refractivity contribution in [2.24, 2.45) is 11.8 Å². The number of piperidine rings is 1. The Morgan fingerprint density at radius 3 is 2.59 bits per heavy atom. The summed E-state index contributed by atoms with van der Waals surface area (Å²) in [7, 11) is 0. The van der Waals surface area contributed by atoms with Crippen LogP contribution in [0.2, 0.25) is 10.0 Å². The van der Waals surface area contributed by atoms with Gasteiger partial charge in [0.25, 0.3) is 5.91 Å². The predicted molar refractivity (Wildman–Crippen MR) is 92.8 cm³/mol. The molecule has 1 N–H and O–H groups in total. The third kappa shape index (κ3) is 5.15. The van der Waals surface area contributed by atoms with Gasteiger partial charge in [-0.1, -0.05) is 37.0 Å². The first-order valence-corrected chi connectivity index (χ1v) is 8.67. The molecule has 122 valence electrons. The van der Waals surface area contributed by atoms with E-state index >= 15 is 0 Å². The number of hydrogen-bond acceptors (Lipinski definition) is 2. The molecule has 1 aliphatic rings. The molecule has 0 aromatic heterocycles. The molecule has 0 bridgehead atoms. The third-order valence-electron chi connectivity index (χ3n) is 4.06. The van der Waals surface area contributed by atoms with Crippen LogP contribution in [-0.4, -0.2) is 37.0 Å². The minimum Gasteiger partial charge on any atom is -0.352 e. The van der Waals surface area contributed by atoms with E-state index in [4.69, 9.17) is 23.2 Å². The van der Waals surface area contributed by atoms with Gasteiger partial charge in [0.2, 0.25) is 0 Å². The number of nitrogens with zero attached hydrogens (tertiary/aromatic N) is 1. The first kappa shape index (κ1) is 17.6. The summed E-state index contributed by atoms with van der Waals surface area (Å²) in [5.74, 6) is 1.40. The number of halogens is 2. The van der Waals surface area contributed by atoms with Gasteiger partial charge < -0.3 is 10.2 Å². The molecule has 2 atom stereocenters. The summed E-state index contributed by atoms with van der Waals surface area (Å²) in [6.07, 6.45) is 2.28. The maximum absolute atomic E-state index is 12.1. The molecular weight excluding hydrogens is 319 g/mol. The van der Waals surface area contributed by atoms with Crippen molar-refractivity contribution in [1.82, 2.24) is 10.2 Å². The highest BCUT2D eigenvalue weighted by atomic mass is 35.5. The average Bonchev–Trinajstić information content (AvgIpc) is 2.42. The van der Waals surface area contributed by atoms with E-state index in [1.807, 2.05) is 0 Å². The van der Waals surface area contributed by atoms with Gasteiger partial charge in [-0.2, -0.15) is 0 Å². The van der Waals surface area contributed by atoms with Crippen LogP contribution in [0.15, 0.2) is 18.2 Å². The summed E-state index contributed by atoms with van der Waals surface area (Å²) >= 11 is 11.9. The van der Waals surface area contributed by atoms with Gasteiger partial charge in [0, 0.05) is 24.7 Å². The van der Waals surface area contributed by atoms with Crippen molar-refractivity contribution in [1.29, 1.82) is 0 Å². The van der Waals surface area contributed by atoms with Crippen LogP contribution >= 0.6 is 23.2 Å². The van der Waals surface area contributed by atoms with E-state index < -0.39 is 0 Å². The van der Waals surface area contributed by atoms with Crippen LogP contribution in [0.25, 0.3) is 0 Å². The van der Waals surface area contributed by atoms with Crippen molar-refractivity contribution >= 4 is 29.1 Å². The van der Waals surface area contributed by atoms with E-state index in [0.29, 0.717) is 22.2 Å². The summed E-state index contributed by atoms with van der Waals surface area (Å²) in [4.78, 5) is 14.6. The molecule has 2 rings (SSSR count). The van der Waals surface area contributed by atoms with Gasteiger partial charge in [0.05, 0.1) is 10.6 Å². The van der Waals surface area contributed by atoms with Crippen LogP contribution in [-0.2, 0) is 0 Å². The third-order valence-corrected chi connectivity index (χ3v) is 4.60. The highest BCUT2D eigenvalue weighted by Gasteiger charge is 2.21. The Bertz CT molecular complexity index is 511. The van der Waals surface area contributed by atoms with Crippen molar-refractivity contribution in [3.05, 3.63) is 33.8 Å². The first-order chi connectivity index (χ1) is 10.5. The van der Waals surface area contributed by atoms with E-state index in [1.165, 1.54) is 19.5 Å². The number of benzene rings is 1. The summed E-state index contributed by atoms with van der Waals surface area (Å²) in [6, 6.07) is 4.93. The summed E-state index contributed by atoms with van der Waals surface area (Å²) in [6.45, 7) is 8.66. The molecule has 3 nitrogen and oxygen atoms in total. The zero-order chi connectivity index (χ0) is 16.1. The van der Waals surface area contributed by atoms with Gasteiger partial charge in [-0.25, -0.2) is 0 Å². The van der Waals surface area contributed by atoms with Crippen LogP contribution in [0.1, 0.15) is 37.0 Å². The van der Waals surface area contributed by atoms with Gasteiger partial charge in [-0.05, 0) is 49.4 Å². The van der Waals surface area contributed by atoms with Gasteiger partial charge in [0.1, 0.15) is 0 Å². The molecule has 0 unspecified atom stereocenters. The zero-order valence-electron chi connectivity index (χ0n) is 13.2. The van der Waals surface area contributed by atoms with Crippen LogP contribution in [0.4, 0.5) is 0 Å². The van der Waals surface area contributed by atoms with Crippen molar-refractivity contribution in [3.63, 3.8) is 0 Å². The largest absolute Gasteiger partial charge is 0.352 e. The molecule has 0 aliphatic carbocycles. The second kappa shape index (κ2) is 8.19. The highest BCUT2D eigenvalue weighted by molar-refractivity contribution is 6.36. The van der Waals surface area contributed by atoms with Crippen molar-refractivity contribution < 1.29 is 4.79 Å². The standard InChI is InChI=1S/C17H24Cl2N2O/c1-12-8-13(2)11-21(10-12)7-3-6-20-17(22)15-5-4-14(18)9-16(15)19/h4-5,9,12-13H,3,6-8,10-11H2,1-2H3,(H,20,22)/t12-,13-/m0/s1. The SMILES string of the molecule is C[C@H]1C[C@H](C)CN(CCCNC(=O)c2ccc(Cl)cc2Cl)C1. The van der Waals surface area contributed by atoms with E-state index in [9.17, 15) is 4.79 Å². The van der Waals surface area contributed by atoms with Crippen molar-refractivity contribution in [2.45, 2.75) is 26.7 Å². The number of carbonyl (C=O) groups is 1. The molecule has 1 saturated heterocycles. The molecule has 0 radical (unpaired) electrons. The number of hydrogen-bond donors (Lipinski definition) is 1. The predicted octanol–water partition coefficient (Wildman–Crippen LogP) is 4.09. The Labute approximate surface area is 143 Å². The molecular formula is C17H24Cl2N2O. The fraction of sp³-hybridized carbons (Fsp3) is 0.588. The number of rotatable bonds is 5. The first-order valence-electron chi connectivity index (χ1n) is 7.91. The summed E-state index contributed by atoms with van der Waals surface area (Å²) in [5, 5.41) is 3.86. The van der Waals surface area contributed by atoms with Crippen LogP contribution in [0.5, 0.6) is 0 Å². The molecule has 22 heavy (non-hydrogen) atoms. The lowest BCUT2D eigenvalue weighted by Crippen LogP contribution is -2.40. The molecule has 1 amide bonds. The highest BCUT2D eigenvalue weighted by Crippen LogP contribution is 2.21. The quantitative estimate of drug-likeness (QED) is 0.817. The molecule has 5 heteroatoms. The lowest BCUT2D eigenvalue weighted by molar-refractivity contribution is 0.0947. The van der Waals surface area contributed by atoms with Crippen LogP contribution in [0.3, 0.4) is 0 Å². The van der Waals surface area contributed by atoms with Crippen LogP contribution in [0, 0.1) is 11.8 Å². The Balaban J connectivity index is 1.73. The molecule has 0 saturated carbocycles. The van der Waals surface area contributed by atoms with Gasteiger partial charge in [-0.15, -0.1) is 0 Å². The number of amides is 1. The van der Waals surface area contributed by atoms with Crippen molar-refractivity contribution in [2.75, 3.05) is 26.2 Å². The fourth-order valence-electron chi connectivity index (χ4n) is 3.25. The van der Waals surface area contributed by atoms with Crippen LogP contribution < -0.4 is 5.32 Å². The Morgan fingerprint density at radius 1 is 1.27 bits per heavy atom. The lowest BCUT2D eigenvalue weighted by Gasteiger charge is -2.34. The Hall–Kier alpha value is -0.770. The zero-order valence-corrected chi connectivity index (χ0v) is 14.8. The lowest BCUT2D eigenvalue weighted by atomic mass is 9.92. The molecule has 1 fully saturated rings. The van der Waals surface area contributed by atoms with E-state index in [0.717, 1.165) is 24.8 Å². The van der Waals surface area contributed by atoms with E-state index in [1.54, 1.807) is 18.2 Å². The maximum Gasteiger partial charge on any atom is 0.252 e. The molecule has 1 heterocycles. The topological polar surface area (TPSA) is 32.3 Å². The minimum absolute atomic E-state index is 0.137. The average molecular weight is 343 g/mol. The fourth-order valence-corrected chi connectivity index (χ4v) is 3.74. The molecule has 1 aromatic rings. The van der Waals surface area contributed by atoms with E-state index in [-0.39, 0.29) is 5.91 Å². The second-order valence-electron chi connectivity index (χ2n) is 6.44. The molecule has 0 spiro atoms. The summed E-state index contributed by atoms with van der Waals surface area (Å²) in [5.41, 5.74) is 0.478. The molecule has 1 aromatic carbocycles. The Kier molecular flexibility index (Phi) is 6.54.